The number of halogens is 1. The van der Waals surface area contributed by atoms with E-state index in [0.717, 1.165) is 5.56 Å². The van der Waals surface area contributed by atoms with Gasteiger partial charge < -0.3 is 14.5 Å². The minimum absolute atomic E-state index is 0.00811. The van der Waals surface area contributed by atoms with Crippen LogP contribution in [0.5, 0.6) is 5.75 Å². The molecule has 0 bridgehead atoms. The van der Waals surface area contributed by atoms with Crippen LogP contribution in [-0.2, 0) is 9.59 Å². The molecule has 0 saturated carbocycles. The molecule has 5 nitrogen and oxygen atoms in total. The molecule has 2 aromatic carbocycles. The Hall–Kier alpha value is -2.79. The van der Waals surface area contributed by atoms with Crippen molar-refractivity contribution in [2.75, 3.05) is 33.3 Å². The minimum Gasteiger partial charge on any atom is -0.490 e. The molecule has 1 saturated heterocycles. The fourth-order valence-electron chi connectivity index (χ4n) is 3.46. The zero-order valence-electron chi connectivity index (χ0n) is 17.2. The molecule has 1 aliphatic rings. The van der Waals surface area contributed by atoms with Crippen LogP contribution in [0.25, 0.3) is 6.08 Å². The smallest absolute Gasteiger partial charge is 0.246 e. The van der Waals surface area contributed by atoms with E-state index in [1.165, 1.54) is 0 Å². The molecular formula is C24H27ClN2O3. The normalized spacial score (nSPS) is 14.7. The van der Waals surface area contributed by atoms with E-state index in [0.29, 0.717) is 49.9 Å². The van der Waals surface area contributed by atoms with Crippen molar-refractivity contribution >= 4 is 29.5 Å². The van der Waals surface area contributed by atoms with Gasteiger partial charge in [-0.05, 0) is 36.6 Å². The van der Waals surface area contributed by atoms with Crippen molar-refractivity contribution in [3.63, 3.8) is 0 Å². The van der Waals surface area contributed by atoms with E-state index in [1.54, 1.807) is 24.1 Å². The van der Waals surface area contributed by atoms with Gasteiger partial charge in [0.2, 0.25) is 11.8 Å². The highest BCUT2D eigenvalue weighted by molar-refractivity contribution is 6.32. The van der Waals surface area contributed by atoms with Crippen LogP contribution in [0.4, 0.5) is 0 Å². The lowest BCUT2D eigenvalue weighted by molar-refractivity contribution is -0.138. The third-order valence-corrected chi connectivity index (χ3v) is 5.58. The zero-order chi connectivity index (χ0) is 21.3. The number of nitrogens with zero attached hydrogens (tertiary/aromatic N) is 2. The van der Waals surface area contributed by atoms with Crippen LogP contribution in [-0.4, -0.2) is 54.9 Å². The Morgan fingerprint density at radius 2 is 1.77 bits per heavy atom. The molecule has 1 fully saturated rings. The van der Waals surface area contributed by atoms with Crippen LogP contribution in [0.2, 0.25) is 5.02 Å². The maximum atomic E-state index is 12.7. The summed E-state index contributed by atoms with van der Waals surface area (Å²) in [7, 11) is 1.79. The molecule has 2 amide bonds. The Bertz CT molecular complexity index is 877. The van der Waals surface area contributed by atoms with Crippen LogP contribution >= 0.6 is 11.6 Å². The Balaban J connectivity index is 1.41. The van der Waals surface area contributed by atoms with Gasteiger partial charge in [0.1, 0.15) is 12.4 Å². The van der Waals surface area contributed by atoms with Crippen LogP contribution in [0.1, 0.15) is 18.4 Å². The van der Waals surface area contributed by atoms with Crippen LogP contribution in [0.3, 0.4) is 0 Å². The summed E-state index contributed by atoms with van der Waals surface area (Å²) in [4.78, 5) is 28.6. The first-order valence-electron chi connectivity index (χ1n) is 10.2. The van der Waals surface area contributed by atoms with Gasteiger partial charge in [-0.2, -0.15) is 0 Å². The molecule has 0 radical (unpaired) electrons. The van der Waals surface area contributed by atoms with Gasteiger partial charge >= 0.3 is 0 Å². The summed E-state index contributed by atoms with van der Waals surface area (Å²) < 4.78 is 5.67. The largest absolute Gasteiger partial charge is 0.490 e. The van der Waals surface area contributed by atoms with Gasteiger partial charge in [-0.3, -0.25) is 9.59 Å². The number of amides is 2. The SMILES string of the molecule is CN(CCOc1ccccc1Cl)C(=O)C1CCN(C(=O)/C=C/c2ccccc2)CC1. The van der Waals surface area contributed by atoms with Crippen LogP contribution in [0, 0.1) is 5.92 Å². The van der Waals surface area contributed by atoms with Crippen molar-refractivity contribution in [3.05, 3.63) is 71.3 Å². The van der Waals surface area contributed by atoms with Gasteiger partial charge in [-0.15, -0.1) is 0 Å². The van der Waals surface area contributed by atoms with E-state index >= 15 is 0 Å². The monoisotopic (exact) mass is 426 g/mol. The second-order valence-electron chi connectivity index (χ2n) is 7.38. The maximum absolute atomic E-state index is 12.7. The fourth-order valence-corrected chi connectivity index (χ4v) is 3.65. The molecular weight excluding hydrogens is 400 g/mol. The van der Waals surface area contributed by atoms with Gasteiger partial charge in [0.25, 0.3) is 0 Å². The lowest BCUT2D eigenvalue weighted by Crippen LogP contribution is -2.43. The topological polar surface area (TPSA) is 49.9 Å². The number of para-hydroxylation sites is 1. The molecule has 0 atom stereocenters. The first-order valence-corrected chi connectivity index (χ1v) is 10.6. The summed E-state index contributed by atoms with van der Waals surface area (Å²) in [6, 6.07) is 17.0. The number of piperidine rings is 1. The molecule has 3 rings (SSSR count). The molecule has 1 aliphatic heterocycles. The summed E-state index contributed by atoms with van der Waals surface area (Å²) in [6.45, 7) is 2.06. The van der Waals surface area contributed by atoms with Crippen molar-refractivity contribution in [2.24, 2.45) is 5.92 Å². The van der Waals surface area contributed by atoms with E-state index in [-0.39, 0.29) is 17.7 Å². The molecule has 0 spiro atoms. The van der Waals surface area contributed by atoms with Crippen LogP contribution in [0.15, 0.2) is 60.7 Å². The molecule has 0 aromatic heterocycles. The average Bonchev–Trinajstić information content (AvgIpc) is 2.79. The molecule has 158 valence electrons. The Kier molecular flexibility index (Phi) is 7.91. The third-order valence-electron chi connectivity index (χ3n) is 5.27. The Morgan fingerprint density at radius 1 is 1.10 bits per heavy atom. The number of carbonyl (C=O) groups excluding carboxylic acids is 2. The minimum atomic E-state index is -0.0579. The number of ether oxygens (including phenoxy) is 1. The summed E-state index contributed by atoms with van der Waals surface area (Å²) in [5.74, 6) is 0.656. The molecule has 0 N–H and O–H groups in total. The average molecular weight is 427 g/mol. The Morgan fingerprint density at radius 3 is 2.47 bits per heavy atom. The number of hydrogen-bond acceptors (Lipinski definition) is 3. The van der Waals surface area contributed by atoms with Crippen molar-refractivity contribution < 1.29 is 14.3 Å². The highest BCUT2D eigenvalue weighted by Crippen LogP contribution is 2.23. The predicted octanol–water partition coefficient (Wildman–Crippen LogP) is 4.13. The van der Waals surface area contributed by atoms with Crippen molar-refractivity contribution in [2.45, 2.75) is 12.8 Å². The molecule has 1 heterocycles. The molecule has 0 aliphatic carbocycles. The summed E-state index contributed by atoms with van der Waals surface area (Å²) in [5, 5.41) is 0.560. The summed E-state index contributed by atoms with van der Waals surface area (Å²) in [5.41, 5.74) is 0.997. The standard InChI is InChI=1S/C24H27ClN2O3/c1-26(17-18-30-22-10-6-5-9-21(22)25)24(29)20-13-15-27(16-14-20)23(28)12-11-19-7-3-2-4-8-19/h2-12,20H,13-18H2,1H3/b12-11+. The predicted molar refractivity (Wildman–Crippen MR) is 119 cm³/mol. The van der Waals surface area contributed by atoms with E-state index in [9.17, 15) is 9.59 Å². The number of benzene rings is 2. The van der Waals surface area contributed by atoms with E-state index in [1.807, 2.05) is 59.5 Å². The molecule has 0 unspecified atom stereocenters. The maximum Gasteiger partial charge on any atom is 0.246 e. The third kappa shape index (κ3) is 6.10. The molecule has 30 heavy (non-hydrogen) atoms. The molecule has 6 heteroatoms. The Labute approximate surface area is 182 Å². The second kappa shape index (κ2) is 10.8. The number of rotatable bonds is 7. The lowest BCUT2D eigenvalue weighted by atomic mass is 9.95. The van der Waals surface area contributed by atoms with Gasteiger partial charge in [0.05, 0.1) is 11.6 Å². The zero-order valence-corrected chi connectivity index (χ0v) is 17.9. The number of likely N-dealkylation sites (tertiary alicyclic amines) is 1. The lowest BCUT2D eigenvalue weighted by Gasteiger charge is -2.32. The molecule has 2 aromatic rings. The van der Waals surface area contributed by atoms with E-state index in [4.69, 9.17) is 16.3 Å². The van der Waals surface area contributed by atoms with Gasteiger partial charge in [0, 0.05) is 32.1 Å². The first-order chi connectivity index (χ1) is 14.5. The first kappa shape index (κ1) is 21.9. The van der Waals surface area contributed by atoms with Crippen molar-refractivity contribution in [3.8, 4) is 5.75 Å². The van der Waals surface area contributed by atoms with E-state index < -0.39 is 0 Å². The summed E-state index contributed by atoms with van der Waals surface area (Å²) >= 11 is 6.08. The van der Waals surface area contributed by atoms with E-state index in [2.05, 4.69) is 0 Å². The fraction of sp³-hybridized carbons (Fsp3) is 0.333. The van der Waals surface area contributed by atoms with Crippen molar-refractivity contribution in [1.29, 1.82) is 0 Å². The summed E-state index contributed by atoms with van der Waals surface area (Å²) in [6.07, 6.45) is 4.79. The second-order valence-corrected chi connectivity index (χ2v) is 7.79. The van der Waals surface area contributed by atoms with Gasteiger partial charge in [0.15, 0.2) is 0 Å². The van der Waals surface area contributed by atoms with Gasteiger partial charge in [-0.1, -0.05) is 54.1 Å². The van der Waals surface area contributed by atoms with Gasteiger partial charge in [-0.25, -0.2) is 0 Å². The number of carbonyl (C=O) groups is 2. The highest BCUT2D eigenvalue weighted by atomic mass is 35.5. The van der Waals surface area contributed by atoms with Crippen LogP contribution < -0.4 is 4.74 Å². The highest BCUT2D eigenvalue weighted by Gasteiger charge is 2.28. The van der Waals surface area contributed by atoms with Crippen molar-refractivity contribution in [1.82, 2.24) is 9.80 Å². The quantitative estimate of drug-likeness (QED) is 0.625. The number of likely N-dealkylation sites (N-methyl/N-ethyl adjacent to an activating group) is 1. The number of hydrogen-bond donors (Lipinski definition) is 0.